The van der Waals surface area contributed by atoms with Crippen molar-refractivity contribution >= 4 is 42.2 Å². The van der Waals surface area contributed by atoms with Crippen LogP contribution in [0.1, 0.15) is 39.5 Å². The van der Waals surface area contributed by atoms with Crippen LogP contribution in [-0.2, 0) is 24.0 Å². The Morgan fingerprint density at radius 2 is 1.80 bits per heavy atom. The first-order chi connectivity index (χ1) is 14.0. The minimum Gasteiger partial charge on any atom is -0.480 e. The van der Waals surface area contributed by atoms with Crippen molar-refractivity contribution in [2.75, 3.05) is 12.3 Å². The molecule has 30 heavy (non-hydrogen) atoms. The van der Waals surface area contributed by atoms with E-state index in [0.717, 1.165) is 0 Å². The van der Waals surface area contributed by atoms with Crippen molar-refractivity contribution in [3.05, 3.63) is 0 Å². The zero-order valence-corrected chi connectivity index (χ0v) is 18.1. The number of hydrogen-bond donors (Lipinski definition) is 6. The van der Waals surface area contributed by atoms with Gasteiger partial charge in [0.25, 0.3) is 0 Å². The molecule has 1 fully saturated rings. The van der Waals surface area contributed by atoms with Crippen molar-refractivity contribution in [2.45, 2.75) is 63.7 Å². The molecule has 0 saturated carbocycles. The van der Waals surface area contributed by atoms with E-state index in [2.05, 4.69) is 23.3 Å². The van der Waals surface area contributed by atoms with Gasteiger partial charge in [-0.25, -0.2) is 4.79 Å². The van der Waals surface area contributed by atoms with Crippen molar-refractivity contribution < 1.29 is 29.1 Å². The van der Waals surface area contributed by atoms with Crippen LogP contribution in [0.4, 0.5) is 0 Å². The Kier molecular flexibility index (Phi) is 10.1. The maximum Gasteiger partial charge on any atom is 0.326 e. The Morgan fingerprint density at radius 1 is 1.17 bits per heavy atom. The van der Waals surface area contributed by atoms with Gasteiger partial charge in [-0.1, -0.05) is 13.8 Å². The van der Waals surface area contributed by atoms with E-state index in [0.29, 0.717) is 25.8 Å². The van der Waals surface area contributed by atoms with Crippen LogP contribution in [0.3, 0.4) is 0 Å². The number of aliphatic carboxylic acids is 1. The average Bonchev–Trinajstić information content (AvgIpc) is 3.13. The molecule has 0 aromatic rings. The smallest absolute Gasteiger partial charge is 0.326 e. The summed E-state index contributed by atoms with van der Waals surface area (Å²) in [4.78, 5) is 61.3. The summed E-state index contributed by atoms with van der Waals surface area (Å²) in [5.74, 6) is -3.91. The van der Waals surface area contributed by atoms with Crippen molar-refractivity contribution in [2.24, 2.45) is 17.4 Å². The van der Waals surface area contributed by atoms with Crippen LogP contribution in [0.2, 0.25) is 0 Å². The van der Waals surface area contributed by atoms with Crippen LogP contribution in [0.25, 0.3) is 0 Å². The fourth-order valence-corrected chi connectivity index (χ4v) is 3.52. The minimum absolute atomic E-state index is 0.117. The Bertz CT molecular complexity index is 673. The zero-order chi connectivity index (χ0) is 23.0. The molecule has 0 bridgehead atoms. The lowest BCUT2D eigenvalue weighted by atomic mass is 10.0. The summed E-state index contributed by atoms with van der Waals surface area (Å²) < 4.78 is 0. The molecule has 4 unspecified atom stereocenters. The second kappa shape index (κ2) is 11.7. The van der Waals surface area contributed by atoms with E-state index in [-0.39, 0.29) is 17.6 Å². The Morgan fingerprint density at radius 3 is 2.30 bits per heavy atom. The number of carboxylic acid groups (broad SMARTS) is 1. The fourth-order valence-electron chi connectivity index (χ4n) is 3.26. The topological polar surface area (TPSA) is 185 Å². The number of likely N-dealkylation sites (tertiary alicyclic amines) is 1. The lowest BCUT2D eigenvalue weighted by Crippen LogP contribution is -2.57. The SMILES string of the molecule is CC(C)CC(N)C(=O)N1CCCC1C(=O)NC(CS)C(=O)NC(CC(N)=O)C(=O)O. The molecule has 1 aliphatic rings. The molecule has 4 amide bonds. The highest BCUT2D eigenvalue weighted by Gasteiger charge is 2.37. The molecule has 0 aromatic heterocycles. The summed E-state index contributed by atoms with van der Waals surface area (Å²) in [5.41, 5.74) is 11.0. The van der Waals surface area contributed by atoms with E-state index in [1.54, 1.807) is 0 Å². The highest BCUT2D eigenvalue weighted by Crippen LogP contribution is 2.20. The third-order valence-electron chi connectivity index (χ3n) is 4.72. The number of nitrogens with two attached hydrogens (primary N) is 2. The molecule has 1 heterocycles. The van der Waals surface area contributed by atoms with Gasteiger partial charge in [0.1, 0.15) is 18.1 Å². The van der Waals surface area contributed by atoms with Gasteiger partial charge >= 0.3 is 5.97 Å². The first-order valence-corrected chi connectivity index (χ1v) is 10.4. The van der Waals surface area contributed by atoms with E-state index >= 15 is 0 Å². The molecule has 1 aliphatic heterocycles. The Balaban J connectivity index is 2.79. The van der Waals surface area contributed by atoms with Gasteiger partial charge in [0.15, 0.2) is 0 Å². The Labute approximate surface area is 180 Å². The molecule has 0 spiro atoms. The van der Waals surface area contributed by atoms with E-state index in [1.807, 2.05) is 13.8 Å². The predicted octanol–water partition coefficient (Wildman–Crippen LogP) is -1.79. The lowest BCUT2D eigenvalue weighted by Gasteiger charge is -2.28. The third kappa shape index (κ3) is 7.48. The van der Waals surface area contributed by atoms with Gasteiger partial charge in [0.2, 0.25) is 23.6 Å². The van der Waals surface area contributed by atoms with Crippen molar-refractivity contribution in [1.82, 2.24) is 15.5 Å². The normalized spacial score (nSPS) is 19.1. The number of primary amides is 1. The van der Waals surface area contributed by atoms with Crippen LogP contribution >= 0.6 is 12.6 Å². The number of carbonyl (C=O) groups is 5. The van der Waals surface area contributed by atoms with Crippen LogP contribution < -0.4 is 22.1 Å². The van der Waals surface area contributed by atoms with Crippen LogP contribution in [-0.4, -0.2) is 76.1 Å². The summed E-state index contributed by atoms with van der Waals surface area (Å²) in [6.07, 6.45) is 0.941. The minimum atomic E-state index is -1.52. The number of nitrogens with zero attached hydrogens (tertiary/aromatic N) is 1. The van der Waals surface area contributed by atoms with Crippen molar-refractivity contribution in [3.8, 4) is 0 Å². The van der Waals surface area contributed by atoms with E-state index in [4.69, 9.17) is 16.6 Å². The van der Waals surface area contributed by atoms with Gasteiger partial charge in [0, 0.05) is 12.3 Å². The van der Waals surface area contributed by atoms with Crippen LogP contribution in [0, 0.1) is 5.92 Å². The molecular weight excluding hydrogens is 414 g/mol. The molecular formula is C18H31N5O6S. The van der Waals surface area contributed by atoms with Gasteiger partial charge in [-0.2, -0.15) is 12.6 Å². The summed E-state index contributed by atoms with van der Waals surface area (Å²) in [7, 11) is 0. The molecule has 11 nitrogen and oxygen atoms in total. The second-order valence-electron chi connectivity index (χ2n) is 7.74. The molecule has 1 saturated heterocycles. The first-order valence-electron chi connectivity index (χ1n) is 9.76. The molecule has 170 valence electrons. The molecule has 12 heteroatoms. The quantitative estimate of drug-likeness (QED) is 0.203. The van der Waals surface area contributed by atoms with Crippen LogP contribution in [0.5, 0.6) is 0 Å². The van der Waals surface area contributed by atoms with E-state index in [9.17, 15) is 24.0 Å². The maximum atomic E-state index is 12.7. The highest BCUT2D eigenvalue weighted by atomic mass is 32.1. The number of thiol groups is 1. The average molecular weight is 446 g/mol. The van der Waals surface area contributed by atoms with E-state index in [1.165, 1.54) is 4.90 Å². The fraction of sp³-hybridized carbons (Fsp3) is 0.722. The third-order valence-corrected chi connectivity index (χ3v) is 5.08. The van der Waals surface area contributed by atoms with Crippen molar-refractivity contribution in [1.29, 1.82) is 0 Å². The lowest BCUT2D eigenvalue weighted by molar-refractivity contribution is -0.144. The molecule has 7 N–H and O–H groups in total. The summed E-state index contributed by atoms with van der Waals surface area (Å²) in [5, 5.41) is 13.8. The first kappa shape index (κ1) is 25.7. The molecule has 0 radical (unpaired) electrons. The zero-order valence-electron chi connectivity index (χ0n) is 17.2. The highest BCUT2D eigenvalue weighted by molar-refractivity contribution is 7.80. The number of rotatable bonds is 11. The number of amides is 4. The number of carboxylic acids is 1. The predicted molar refractivity (Wildman–Crippen MR) is 111 cm³/mol. The number of hydrogen-bond acceptors (Lipinski definition) is 7. The van der Waals surface area contributed by atoms with Crippen molar-refractivity contribution in [3.63, 3.8) is 0 Å². The number of nitrogens with one attached hydrogen (secondary N) is 2. The standard InChI is InChI=1S/C18H31N5O6S/c1-9(2)6-10(19)17(27)23-5-3-4-13(23)16(26)22-12(8-30)15(25)21-11(18(28)29)7-14(20)24/h9-13,30H,3-8,19H2,1-2H3,(H2,20,24)(H,21,25)(H,22,26)(H,28,29). The monoisotopic (exact) mass is 445 g/mol. The molecule has 4 atom stereocenters. The summed E-state index contributed by atoms with van der Waals surface area (Å²) in [6, 6.07) is -4.16. The largest absolute Gasteiger partial charge is 0.480 e. The van der Waals surface area contributed by atoms with Gasteiger partial charge < -0.3 is 32.1 Å². The molecule has 1 rings (SSSR count). The number of carbonyl (C=O) groups excluding carboxylic acids is 4. The second-order valence-corrected chi connectivity index (χ2v) is 8.10. The van der Waals surface area contributed by atoms with Gasteiger partial charge in [-0.15, -0.1) is 0 Å². The van der Waals surface area contributed by atoms with Gasteiger partial charge in [0.05, 0.1) is 12.5 Å². The van der Waals surface area contributed by atoms with Crippen LogP contribution in [0.15, 0.2) is 0 Å². The van der Waals surface area contributed by atoms with Gasteiger partial charge in [-0.3, -0.25) is 19.2 Å². The molecule has 0 aromatic carbocycles. The Hall–Kier alpha value is -2.34. The van der Waals surface area contributed by atoms with Gasteiger partial charge in [-0.05, 0) is 25.2 Å². The molecule has 0 aliphatic carbocycles. The maximum absolute atomic E-state index is 12.7. The summed E-state index contributed by atoms with van der Waals surface area (Å²) in [6.45, 7) is 4.28. The summed E-state index contributed by atoms with van der Waals surface area (Å²) >= 11 is 4.03. The van der Waals surface area contributed by atoms with E-state index < -0.39 is 54.3 Å².